The molecule has 36 heteroatoms. The number of thioether (sulfide) groups is 1. The molecule has 6 atom stereocenters. The van der Waals surface area contributed by atoms with Gasteiger partial charge in [-0.3, -0.25) is 47.7 Å². The normalized spacial score (nSPS) is 14.0. The van der Waals surface area contributed by atoms with E-state index in [1.807, 2.05) is 188 Å². The molecule has 2 saturated heterocycles. The summed E-state index contributed by atoms with van der Waals surface area (Å²) >= 11 is 9.82. The molecule has 8 aromatic carbocycles. The number of fused-ring (bicyclic) bond motifs is 1. The van der Waals surface area contributed by atoms with Crippen molar-refractivity contribution >= 4 is 99.2 Å². The van der Waals surface area contributed by atoms with Crippen molar-refractivity contribution in [3.05, 3.63) is 360 Å². The van der Waals surface area contributed by atoms with E-state index < -0.39 is 5.54 Å². The van der Waals surface area contributed by atoms with Crippen LogP contribution in [0.25, 0.3) is 41.1 Å². The summed E-state index contributed by atoms with van der Waals surface area (Å²) < 4.78 is 83.4. The number of methoxy groups -OCH3 is 2. The number of thiocyanates is 1. The quantitative estimate of drug-likeness (QED) is 0.00468. The zero-order valence-corrected chi connectivity index (χ0v) is 91.0. The van der Waals surface area contributed by atoms with Gasteiger partial charge in [0.25, 0.3) is 23.8 Å². The van der Waals surface area contributed by atoms with Crippen LogP contribution in [0.4, 0.5) is 22.0 Å². The number of nitrogens with two attached hydrogens (primary N) is 2. The molecule has 5 aromatic heterocycles. The molecule has 7 heterocycles. The number of guanidine groups is 1. The molecule has 2 amide bonds. The molecule has 2 aliphatic heterocycles. The number of halogens is 6. The minimum atomic E-state index is -0.451. The summed E-state index contributed by atoms with van der Waals surface area (Å²) in [6, 6.07) is 48.1. The summed E-state index contributed by atoms with van der Waals surface area (Å²) in [5, 5.41) is 27.0. The predicted octanol–water partition coefficient (Wildman–Crippen LogP) is 13.7. The molecule has 0 spiro atoms. The molecule has 13 aromatic rings. The molecule has 738 valence electrons. The van der Waals surface area contributed by atoms with Gasteiger partial charge in [0.2, 0.25) is 11.7 Å². The number of aliphatic imine (C=N–C) groups is 1. The molecule has 26 nitrogen and oxygen atoms in total. The number of alkyl halides is 1. The maximum absolute atomic E-state index is 13.5. The Balaban J connectivity index is 0.000000450. The van der Waals surface area contributed by atoms with Gasteiger partial charge < -0.3 is 56.8 Å². The van der Waals surface area contributed by atoms with E-state index in [0.29, 0.717) is 52.2 Å². The van der Waals surface area contributed by atoms with Crippen molar-refractivity contribution in [2.75, 3.05) is 26.1 Å². The molecule has 0 radical (unpaired) electrons. The first-order valence-electron chi connectivity index (χ1n) is 43.5. The summed E-state index contributed by atoms with van der Waals surface area (Å²) in [5.41, 5.74) is 27.7. The average molecular weight is 2080 g/mol. The van der Waals surface area contributed by atoms with Gasteiger partial charge in [0.1, 0.15) is 51.2 Å². The first-order chi connectivity index (χ1) is 65.1. The number of hydrogen-bond donors (Lipinski definition) is 4. The number of benzene rings is 8. The number of imidazole rings is 5. The summed E-state index contributed by atoms with van der Waals surface area (Å²) in [6.45, 7) is 31.6. The number of hydrogen-bond acceptors (Lipinski definition) is 19. The third-order valence-corrected chi connectivity index (χ3v) is 23.1. The van der Waals surface area contributed by atoms with Crippen LogP contribution in [0.2, 0.25) is 0 Å². The number of ether oxygens (including phenoxy) is 2. The first kappa shape index (κ1) is 123. The van der Waals surface area contributed by atoms with E-state index in [-0.39, 0.29) is 214 Å². The van der Waals surface area contributed by atoms with E-state index in [1.54, 1.807) is 133 Å². The topological polar surface area (TPSA) is 331 Å². The molecule has 141 heavy (non-hydrogen) atoms. The van der Waals surface area contributed by atoms with Crippen molar-refractivity contribution in [3.8, 4) is 22.5 Å². The van der Waals surface area contributed by atoms with E-state index in [4.69, 9.17) is 43.7 Å². The van der Waals surface area contributed by atoms with Crippen LogP contribution < -0.4 is 141 Å². The Morgan fingerprint density at radius 1 is 0.582 bits per heavy atom. The smallest absolute Gasteiger partial charge is 1.00 e. The fourth-order valence-corrected chi connectivity index (χ4v) is 14.9. The Morgan fingerprint density at radius 2 is 0.950 bits per heavy atom. The Kier molecular flexibility index (Phi) is 52.0. The number of rotatable bonds is 22. The van der Waals surface area contributed by atoms with Gasteiger partial charge in [-0.2, -0.15) is 5.26 Å². The van der Waals surface area contributed by atoms with Gasteiger partial charge >= 0.3 is 109 Å². The van der Waals surface area contributed by atoms with Crippen LogP contribution in [0.5, 0.6) is 0 Å². The predicted molar refractivity (Wildman–Crippen MR) is 547 cm³/mol. The maximum atomic E-state index is 13.5. The van der Waals surface area contributed by atoms with E-state index in [1.165, 1.54) is 84.4 Å². The van der Waals surface area contributed by atoms with Crippen LogP contribution in [0.15, 0.2) is 247 Å². The van der Waals surface area contributed by atoms with Crippen molar-refractivity contribution < 1.29 is 165 Å². The average Bonchev–Trinajstić information content (AvgIpc) is 1.60. The number of carbonyl (C=O) groups excluding carboxylic acids is 4. The molecular formula is C105H123BrF5K2N17O9S2. The standard InChI is InChI=1S/C27H30FN5O.C25H22FN5O.C23H21FN4OS.C9H8FNS.C8H10FN.C6H13NO2.C4H9BrO.CH2O3.2CH4.2K.H/c1-17(2)14-29-27-31-24(26(34)33(27)20(5)22-7-9-23(28)10-8-22)13-21-6-11-25(18(3)12-21)32-15-19(4)30-16-32;1-16-12-19(4-9-22(16)29-14-17(2)28-15-29)13-23-24(32)31(25-27-10-11-30(23)25)18(3)20-5-7-21(26)8-6-20;1-14-10-17(4-9-21(14)27-12-15(2)25-13-27)11-20-22(29)28(23(30)26-20)16(3)18-5-7-19(24)8-6-18;1-7(12-6-11)8-2-4-9(10)5-3-8;1-6(10)7-2-4-8(9)5-3-7;1-6(2,7)4-5(8)9-3;1-4(3-5)6-2;2-1-4-3;;;;;/h6-13,15-17,20H,14H2,1-5H3,(H,29,31);4-15,18H,1-3H3;4-13,16H,1-3H3,(H,26,30);2-5,7H,1H3;2-6H,10H2,1H3;4,7H2,1-3H3;4H,3H2,1-2H3;1,3H;2*1H4;;;/q;;;;;;;;;;2*+1;-1/p-1/b24-13-;23-13-;20-11-;;;;;;;;;;. The third-order valence-electron chi connectivity index (χ3n) is 21.2. The summed E-state index contributed by atoms with van der Waals surface area (Å²) in [6.07, 6.45) is 20.9. The van der Waals surface area contributed by atoms with E-state index in [2.05, 4.69) is 75.0 Å². The van der Waals surface area contributed by atoms with Crippen LogP contribution in [0.3, 0.4) is 0 Å². The van der Waals surface area contributed by atoms with Gasteiger partial charge in [-0.15, -0.1) is 0 Å². The van der Waals surface area contributed by atoms with E-state index >= 15 is 0 Å². The van der Waals surface area contributed by atoms with E-state index in [0.717, 1.165) is 101 Å². The van der Waals surface area contributed by atoms with Crippen LogP contribution in [-0.2, 0) is 33.5 Å². The number of carbonyl (C=O) groups is 4. The van der Waals surface area contributed by atoms with E-state index in [9.17, 15) is 41.1 Å². The number of aromatic nitrogens is 9. The molecule has 6 N–H and O–H groups in total. The number of amides is 2. The zero-order chi connectivity index (χ0) is 101. The van der Waals surface area contributed by atoms with Crippen molar-refractivity contribution in [2.24, 2.45) is 22.4 Å². The number of esters is 1. The number of thiocarbonyl (C=S) groups is 1. The minimum absolute atomic E-state index is 0. The monoisotopic (exact) mass is 2080 g/mol. The number of nitriles is 1. The third kappa shape index (κ3) is 36.8. The van der Waals surface area contributed by atoms with Gasteiger partial charge in [-0.1, -0.05) is 123 Å². The molecule has 6 unspecified atom stereocenters. The number of nitrogens with one attached hydrogen (secondary N) is 2. The van der Waals surface area contributed by atoms with Crippen molar-refractivity contribution in [1.82, 2.24) is 63.0 Å². The van der Waals surface area contributed by atoms with Crippen molar-refractivity contribution in [3.63, 3.8) is 0 Å². The van der Waals surface area contributed by atoms with Gasteiger partial charge in [0.15, 0.2) is 5.11 Å². The SMILES string of the molecule is C.C.CC(N)c1ccc(F)cc1.CC(SC#N)c1ccc(F)cc1.COC(=O)CC(C)(C)N.COC(C)CBr.Cc1cn(-c2ccc(/C=C3\NC(=NCC(C)C)N(C(C)c4ccc(F)cc4)C3=O)cc2C)cn1.Cc1cn(-c2ccc(/C=C3\NC(=S)N(C(C)c4ccc(F)cc4)C3=O)cc2C)cn1.Cc1cn(-c2ccc(/C=c3/c(=O)n(C(C)c4ccc(F)cc4)c4nccn34)cc2C)cn1.O=CO[O-].[H-].[K+].[K+]. The van der Waals surface area contributed by atoms with Gasteiger partial charge in [0.05, 0.1) is 73.8 Å². The van der Waals surface area contributed by atoms with Crippen molar-refractivity contribution in [1.29, 1.82) is 5.26 Å². The van der Waals surface area contributed by atoms with Gasteiger partial charge in [-0.25, -0.2) is 41.9 Å². The second-order valence-corrected chi connectivity index (χ2v) is 35.5. The molecule has 0 bridgehead atoms. The fraction of sp³-hybridized carbons (Fsp3) is 0.295. The second-order valence-electron chi connectivity index (χ2n) is 33.3. The Labute approximate surface area is 926 Å². The Bertz CT molecular complexity index is 6510. The van der Waals surface area contributed by atoms with Crippen LogP contribution in [0.1, 0.15) is 200 Å². The molecule has 2 aliphatic rings. The summed E-state index contributed by atoms with van der Waals surface area (Å²) in [7, 11) is 3.06. The largest absolute Gasteiger partial charge is 1.00 e. The summed E-state index contributed by atoms with van der Waals surface area (Å²) in [4.78, 5) is 86.7. The number of aryl methyl sites for hydroxylation is 6. The molecule has 0 saturated carbocycles. The molecule has 15 rings (SSSR count). The number of nitrogens with zero attached hydrogens (tertiary/aromatic N) is 13. The zero-order valence-electron chi connectivity index (χ0n) is 82.6. The maximum Gasteiger partial charge on any atom is 1.00 e. The van der Waals surface area contributed by atoms with Crippen molar-refractivity contribution in [2.45, 2.75) is 173 Å². The molecule has 2 fully saturated rings. The van der Waals surface area contributed by atoms with Gasteiger partial charge in [0, 0.05) is 83.9 Å². The second kappa shape index (κ2) is 59.6. The van der Waals surface area contributed by atoms with Crippen LogP contribution in [0, 0.1) is 87.2 Å². The summed E-state index contributed by atoms with van der Waals surface area (Å²) in [5.74, 6) is -0.590. The fourth-order valence-electron chi connectivity index (χ4n) is 13.8. The van der Waals surface area contributed by atoms with Crippen LogP contribution in [-0.4, -0.2) is 125 Å². The Morgan fingerprint density at radius 3 is 1.28 bits per heavy atom. The molecular weight excluding hydrogens is 1960 g/mol. The first-order valence-corrected chi connectivity index (χ1v) is 45.9. The van der Waals surface area contributed by atoms with Gasteiger partial charge in [-0.05, 0) is 303 Å². The minimum Gasteiger partial charge on any atom is -1.00 e. The Hall–Kier alpha value is -10.4. The molecule has 0 aliphatic carbocycles. The van der Waals surface area contributed by atoms with Crippen LogP contribution >= 0.6 is 39.9 Å².